The van der Waals surface area contributed by atoms with Crippen LogP contribution in [0.25, 0.3) is 0 Å². The van der Waals surface area contributed by atoms with Crippen LogP contribution < -0.4 is 16.4 Å². The molecule has 2 rings (SSSR count). The summed E-state index contributed by atoms with van der Waals surface area (Å²) in [5, 5.41) is 0. The van der Waals surface area contributed by atoms with E-state index in [0.29, 0.717) is 12.2 Å². The topological polar surface area (TPSA) is 85.2 Å². The Morgan fingerprint density at radius 3 is 2.81 bits per heavy atom. The Balaban J connectivity index is 2.15. The predicted octanol–water partition coefficient (Wildman–Crippen LogP) is 0.365. The summed E-state index contributed by atoms with van der Waals surface area (Å²) in [6, 6.07) is 3.67. The van der Waals surface area contributed by atoms with Crippen LogP contribution >= 0.6 is 0 Å². The Kier molecular flexibility index (Phi) is 2.46. The molecule has 0 saturated carbocycles. The number of nitrogen functional groups attached to an aromatic ring is 1. The van der Waals surface area contributed by atoms with E-state index >= 15 is 0 Å². The summed E-state index contributed by atoms with van der Waals surface area (Å²) >= 11 is 0. The highest BCUT2D eigenvalue weighted by atomic mass is 16.1. The number of hydrogen-bond donors (Lipinski definition) is 2. The molecule has 5 nitrogen and oxygen atoms in total. The van der Waals surface area contributed by atoms with Gasteiger partial charge in [0.05, 0.1) is 17.3 Å². The van der Waals surface area contributed by atoms with E-state index in [1.807, 2.05) is 19.1 Å². The minimum Gasteiger partial charge on any atom is -0.397 e. The lowest BCUT2D eigenvalue weighted by atomic mass is 9.89. The van der Waals surface area contributed by atoms with Crippen molar-refractivity contribution in [3.05, 3.63) is 18.3 Å². The van der Waals surface area contributed by atoms with Gasteiger partial charge in [-0.2, -0.15) is 0 Å². The van der Waals surface area contributed by atoms with E-state index in [4.69, 9.17) is 11.5 Å². The van der Waals surface area contributed by atoms with Crippen molar-refractivity contribution in [2.45, 2.75) is 13.3 Å². The van der Waals surface area contributed by atoms with Crippen LogP contribution in [-0.2, 0) is 4.79 Å². The van der Waals surface area contributed by atoms with Crippen LogP contribution in [-0.4, -0.2) is 24.0 Å². The van der Waals surface area contributed by atoms with Crippen LogP contribution in [0.1, 0.15) is 13.3 Å². The van der Waals surface area contributed by atoms with Gasteiger partial charge in [0.15, 0.2) is 0 Å². The van der Waals surface area contributed by atoms with Gasteiger partial charge in [-0.05, 0) is 25.5 Å². The lowest BCUT2D eigenvalue weighted by Crippen LogP contribution is -2.37. The van der Waals surface area contributed by atoms with Crippen LogP contribution in [0.2, 0.25) is 0 Å². The number of primary amides is 1. The molecule has 1 atom stereocenters. The van der Waals surface area contributed by atoms with E-state index in [0.717, 1.165) is 18.8 Å². The van der Waals surface area contributed by atoms with Crippen molar-refractivity contribution >= 4 is 17.4 Å². The molecule has 1 aromatic heterocycles. The minimum atomic E-state index is -0.441. The third-order valence-corrected chi connectivity index (χ3v) is 3.16. The molecule has 1 aliphatic heterocycles. The van der Waals surface area contributed by atoms with E-state index in [1.54, 1.807) is 6.20 Å². The molecule has 1 unspecified atom stereocenters. The smallest absolute Gasteiger partial charge is 0.225 e. The molecule has 0 spiro atoms. The summed E-state index contributed by atoms with van der Waals surface area (Å²) in [5.74, 6) is 0.602. The molecule has 0 bridgehead atoms. The monoisotopic (exact) mass is 220 g/mol. The molecule has 1 aromatic rings. The zero-order valence-electron chi connectivity index (χ0n) is 9.31. The van der Waals surface area contributed by atoms with E-state index in [2.05, 4.69) is 9.88 Å². The number of amides is 1. The van der Waals surface area contributed by atoms with E-state index < -0.39 is 5.41 Å². The molecule has 1 fully saturated rings. The SMILES string of the molecule is CC1(C(N)=O)CCN(c2ccc(N)cn2)C1. The van der Waals surface area contributed by atoms with Crippen molar-refractivity contribution in [1.82, 2.24) is 4.98 Å². The highest BCUT2D eigenvalue weighted by Gasteiger charge is 2.39. The molecule has 0 radical (unpaired) electrons. The lowest BCUT2D eigenvalue weighted by Gasteiger charge is -2.21. The molecule has 2 heterocycles. The van der Waals surface area contributed by atoms with Crippen molar-refractivity contribution in [2.24, 2.45) is 11.1 Å². The number of aromatic nitrogens is 1. The number of hydrogen-bond acceptors (Lipinski definition) is 4. The van der Waals surface area contributed by atoms with Crippen LogP contribution in [0.3, 0.4) is 0 Å². The molecule has 16 heavy (non-hydrogen) atoms. The van der Waals surface area contributed by atoms with Crippen LogP contribution in [0, 0.1) is 5.41 Å². The molecule has 86 valence electrons. The van der Waals surface area contributed by atoms with E-state index in [-0.39, 0.29) is 5.91 Å². The quantitative estimate of drug-likeness (QED) is 0.753. The van der Waals surface area contributed by atoms with Gasteiger partial charge in [0.25, 0.3) is 0 Å². The number of carbonyl (C=O) groups is 1. The number of nitrogens with two attached hydrogens (primary N) is 2. The fourth-order valence-electron chi connectivity index (χ4n) is 1.94. The number of pyridine rings is 1. The molecule has 1 saturated heterocycles. The van der Waals surface area contributed by atoms with Crippen molar-refractivity contribution < 1.29 is 4.79 Å². The third-order valence-electron chi connectivity index (χ3n) is 3.16. The zero-order chi connectivity index (χ0) is 11.8. The van der Waals surface area contributed by atoms with Crippen LogP contribution in [0.4, 0.5) is 11.5 Å². The predicted molar refractivity (Wildman–Crippen MR) is 62.8 cm³/mol. The van der Waals surface area contributed by atoms with Crippen molar-refractivity contribution in [3.63, 3.8) is 0 Å². The fourth-order valence-corrected chi connectivity index (χ4v) is 1.94. The van der Waals surface area contributed by atoms with Crippen LogP contribution in [0.15, 0.2) is 18.3 Å². The van der Waals surface area contributed by atoms with Gasteiger partial charge >= 0.3 is 0 Å². The number of nitrogens with zero attached hydrogens (tertiary/aromatic N) is 2. The van der Waals surface area contributed by atoms with Crippen molar-refractivity contribution in [3.8, 4) is 0 Å². The minimum absolute atomic E-state index is 0.245. The van der Waals surface area contributed by atoms with E-state index in [1.165, 1.54) is 0 Å². The Labute approximate surface area is 94.4 Å². The molecule has 1 aliphatic rings. The second kappa shape index (κ2) is 3.66. The average Bonchev–Trinajstić information content (AvgIpc) is 2.63. The molecule has 4 N–H and O–H groups in total. The second-order valence-corrected chi connectivity index (χ2v) is 4.55. The average molecular weight is 220 g/mol. The molecular weight excluding hydrogens is 204 g/mol. The van der Waals surface area contributed by atoms with Crippen molar-refractivity contribution in [1.29, 1.82) is 0 Å². The Morgan fingerprint density at radius 1 is 1.56 bits per heavy atom. The highest BCUT2D eigenvalue weighted by molar-refractivity contribution is 5.82. The highest BCUT2D eigenvalue weighted by Crippen LogP contribution is 2.31. The van der Waals surface area contributed by atoms with Gasteiger partial charge in [0, 0.05) is 13.1 Å². The number of carbonyl (C=O) groups excluding carboxylic acids is 1. The molecule has 0 aromatic carbocycles. The standard InChI is InChI=1S/C11H16N4O/c1-11(10(13)16)4-5-15(7-11)9-3-2-8(12)6-14-9/h2-3,6H,4-5,7,12H2,1H3,(H2,13,16). The van der Waals surface area contributed by atoms with Crippen molar-refractivity contribution in [2.75, 3.05) is 23.7 Å². The Bertz CT molecular complexity index is 403. The van der Waals surface area contributed by atoms with Gasteiger partial charge < -0.3 is 16.4 Å². The maximum atomic E-state index is 11.3. The summed E-state index contributed by atoms with van der Waals surface area (Å²) in [5.41, 5.74) is 11.2. The van der Waals surface area contributed by atoms with Gasteiger partial charge in [-0.25, -0.2) is 4.98 Å². The maximum Gasteiger partial charge on any atom is 0.225 e. The van der Waals surface area contributed by atoms with E-state index in [9.17, 15) is 4.79 Å². The fraction of sp³-hybridized carbons (Fsp3) is 0.455. The van der Waals surface area contributed by atoms with Gasteiger partial charge in [0.1, 0.15) is 5.82 Å². The first-order chi connectivity index (χ1) is 7.51. The number of anilines is 2. The summed E-state index contributed by atoms with van der Waals surface area (Å²) in [4.78, 5) is 17.6. The van der Waals surface area contributed by atoms with Gasteiger partial charge in [-0.3, -0.25) is 4.79 Å². The Hall–Kier alpha value is -1.78. The van der Waals surface area contributed by atoms with Gasteiger partial charge in [0.2, 0.25) is 5.91 Å². The summed E-state index contributed by atoms with van der Waals surface area (Å²) in [6.07, 6.45) is 2.39. The summed E-state index contributed by atoms with van der Waals surface area (Å²) in [7, 11) is 0. The van der Waals surface area contributed by atoms with Crippen LogP contribution in [0.5, 0.6) is 0 Å². The Morgan fingerprint density at radius 2 is 2.31 bits per heavy atom. The second-order valence-electron chi connectivity index (χ2n) is 4.55. The number of rotatable bonds is 2. The first-order valence-corrected chi connectivity index (χ1v) is 5.28. The first-order valence-electron chi connectivity index (χ1n) is 5.28. The lowest BCUT2D eigenvalue weighted by molar-refractivity contribution is -0.125. The molecule has 1 amide bonds. The zero-order valence-corrected chi connectivity index (χ0v) is 9.31. The van der Waals surface area contributed by atoms with Gasteiger partial charge in [-0.1, -0.05) is 0 Å². The van der Waals surface area contributed by atoms with Gasteiger partial charge in [-0.15, -0.1) is 0 Å². The molecule has 5 heteroatoms. The molecule has 0 aliphatic carbocycles. The maximum absolute atomic E-state index is 11.3. The summed E-state index contributed by atoms with van der Waals surface area (Å²) < 4.78 is 0. The summed E-state index contributed by atoms with van der Waals surface area (Å²) in [6.45, 7) is 3.32. The molecular formula is C11H16N4O. The first kappa shape index (κ1) is 10.7. The third kappa shape index (κ3) is 1.80. The normalized spacial score (nSPS) is 24.7. The largest absolute Gasteiger partial charge is 0.397 e.